The van der Waals surface area contributed by atoms with Crippen molar-refractivity contribution in [3.63, 3.8) is 0 Å². The zero-order chi connectivity index (χ0) is 21.8. The summed E-state index contributed by atoms with van der Waals surface area (Å²) in [4.78, 5) is 33.3. The number of benzene rings is 2. The second-order valence-electron chi connectivity index (χ2n) is 5.47. The average Bonchev–Trinajstić information content (AvgIpc) is 2.63. The van der Waals surface area contributed by atoms with Crippen LogP contribution in [0, 0.1) is 21.7 Å². The highest BCUT2D eigenvalue weighted by molar-refractivity contribution is 5.96. The fourth-order valence-electron chi connectivity index (χ4n) is 2.08. The van der Waals surface area contributed by atoms with Crippen LogP contribution in [0.25, 0.3) is 0 Å². The van der Waals surface area contributed by atoms with Gasteiger partial charge < -0.3 is 5.32 Å². The van der Waals surface area contributed by atoms with Gasteiger partial charge in [-0.15, -0.1) is 0 Å². The predicted octanol–water partition coefficient (Wildman–Crippen LogP) is 2.76. The van der Waals surface area contributed by atoms with E-state index in [4.69, 9.17) is 0 Å². The van der Waals surface area contributed by atoms with E-state index in [0.29, 0.717) is 12.1 Å². The number of carbonyl (C=O) groups is 2. The summed E-state index contributed by atoms with van der Waals surface area (Å²) in [5, 5.41) is 13.0. The smallest absolute Gasteiger partial charge is 0.343 e. The van der Waals surface area contributed by atoms with Crippen LogP contribution in [0.5, 0.6) is 0 Å². The maximum Gasteiger partial charge on any atom is 0.416 e. The third-order valence-corrected chi connectivity index (χ3v) is 3.44. The van der Waals surface area contributed by atoms with Crippen LogP contribution >= 0.6 is 0 Å². The zero-order valence-electron chi connectivity index (χ0n) is 14.1. The van der Waals surface area contributed by atoms with E-state index in [1.54, 1.807) is 0 Å². The second kappa shape index (κ2) is 8.50. The number of hydrogen-bond donors (Lipinski definition) is 3. The first-order valence-electron chi connectivity index (χ1n) is 7.63. The Kier molecular flexibility index (Phi) is 6.31. The summed E-state index contributed by atoms with van der Waals surface area (Å²) in [6.45, 7) is -0.711. The van der Waals surface area contributed by atoms with Gasteiger partial charge in [0.2, 0.25) is 0 Å². The van der Waals surface area contributed by atoms with Crippen molar-refractivity contribution in [2.24, 2.45) is 0 Å². The normalized spacial score (nSPS) is 10.9. The third kappa shape index (κ3) is 5.60. The fraction of sp³-hybridized carbons (Fsp3) is 0.125. The van der Waals surface area contributed by atoms with E-state index in [2.05, 4.69) is 5.43 Å². The van der Waals surface area contributed by atoms with Gasteiger partial charge in [-0.3, -0.25) is 30.6 Å². The molecule has 0 unspecified atom stereocenters. The van der Waals surface area contributed by atoms with Crippen molar-refractivity contribution < 1.29 is 36.5 Å². The molecule has 0 bridgehead atoms. The van der Waals surface area contributed by atoms with E-state index in [1.165, 1.54) is 0 Å². The van der Waals surface area contributed by atoms with Crippen molar-refractivity contribution >= 4 is 23.2 Å². The number of amides is 2. The molecular weight excluding hydrogens is 407 g/mol. The Morgan fingerprint density at radius 2 is 1.76 bits per heavy atom. The number of nitro benzene ring substituents is 1. The minimum Gasteiger partial charge on any atom is -0.343 e. The minimum atomic E-state index is -4.80. The molecule has 0 heterocycles. The Labute approximate surface area is 158 Å². The molecular formula is C16H11F5N4O4. The number of anilines is 1. The summed E-state index contributed by atoms with van der Waals surface area (Å²) in [5.41, 5.74) is 0.850. The number of rotatable bonds is 6. The molecule has 2 aromatic carbocycles. The molecule has 0 saturated carbocycles. The molecule has 0 radical (unpaired) electrons. The van der Waals surface area contributed by atoms with Crippen LogP contribution in [-0.2, 0) is 11.0 Å². The van der Waals surface area contributed by atoms with Crippen molar-refractivity contribution in [2.75, 3.05) is 12.0 Å². The lowest BCUT2D eigenvalue weighted by Crippen LogP contribution is -2.39. The Morgan fingerprint density at radius 3 is 2.34 bits per heavy atom. The first-order chi connectivity index (χ1) is 13.5. The van der Waals surface area contributed by atoms with Crippen molar-refractivity contribution in [1.82, 2.24) is 10.7 Å². The Hall–Kier alpha value is -3.77. The number of hydrazine groups is 1. The van der Waals surface area contributed by atoms with Gasteiger partial charge in [0.15, 0.2) is 0 Å². The van der Waals surface area contributed by atoms with Crippen LogP contribution in [0.15, 0.2) is 36.4 Å². The van der Waals surface area contributed by atoms with Crippen molar-refractivity contribution in [3.05, 3.63) is 69.3 Å². The lowest BCUT2D eigenvalue weighted by atomic mass is 10.1. The van der Waals surface area contributed by atoms with Gasteiger partial charge in [0, 0.05) is 12.1 Å². The van der Waals surface area contributed by atoms with Crippen LogP contribution < -0.4 is 16.2 Å². The van der Waals surface area contributed by atoms with Crippen molar-refractivity contribution in [3.8, 4) is 0 Å². The fourth-order valence-corrected chi connectivity index (χ4v) is 2.08. The molecule has 2 amide bonds. The summed E-state index contributed by atoms with van der Waals surface area (Å²) in [6.07, 6.45) is -4.80. The summed E-state index contributed by atoms with van der Waals surface area (Å²) in [5.74, 6) is -4.03. The van der Waals surface area contributed by atoms with Crippen LogP contribution in [-0.4, -0.2) is 23.3 Å². The quantitative estimate of drug-likeness (QED) is 0.379. The van der Waals surface area contributed by atoms with Gasteiger partial charge in [-0.1, -0.05) is 0 Å². The van der Waals surface area contributed by atoms with Crippen LogP contribution in [0.3, 0.4) is 0 Å². The third-order valence-electron chi connectivity index (χ3n) is 3.44. The van der Waals surface area contributed by atoms with Gasteiger partial charge in [-0.25, -0.2) is 8.78 Å². The maximum atomic E-state index is 13.5. The predicted molar refractivity (Wildman–Crippen MR) is 88.6 cm³/mol. The summed E-state index contributed by atoms with van der Waals surface area (Å²) >= 11 is 0. The van der Waals surface area contributed by atoms with Crippen molar-refractivity contribution in [1.29, 1.82) is 0 Å². The van der Waals surface area contributed by atoms with E-state index >= 15 is 0 Å². The molecule has 0 fully saturated rings. The molecule has 8 nitrogen and oxygen atoms in total. The lowest BCUT2D eigenvalue weighted by molar-refractivity contribution is -0.384. The summed E-state index contributed by atoms with van der Waals surface area (Å²) in [6, 6.07) is 3.77. The molecule has 0 aromatic heterocycles. The minimum absolute atomic E-state index is 0.285. The number of nitro groups is 1. The molecule has 0 spiro atoms. The number of nitrogens with zero attached hydrogens (tertiary/aromatic N) is 1. The average molecular weight is 418 g/mol. The molecule has 3 N–H and O–H groups in total. The van der Waals surface area contributed by atoms with E-state index in [1.807, 2.05) is 10.7 Å². The van der Waals surface area contributed by atoms with E-state index < -0.39 is 63.6 Å². The highest BCUT2D eigenvalue weighted by Crippen LogP contribution is 2.34. The van der Waals surface area contributed by atoms with Gasteiger partial charge >= 0.3 is 6.18 Å². The van der Waals surface area contributed by atoms with Crippen molar-refractivity contribution in [2.45, 2.75) is 6.18 Å². The van der Waals surface area contributed by atoms with E-state index in [-0.39, 0.29) is 6.07 Å². The number of hydrogen-bond acceptors (Lipinski definition) is 5. The monoisotopic (exact) mass is 418 g/mol. The first-order valence-corrected chi connectivity index (χ1v) is 7.63. The molecule has 0 saturated heterocycles. The summed E-state index contributed by atoms with van der Waals surface area (Å²) in [7, 11) is 0. The van der Waals surface area contributed by atoms with Gasteiger partial charge in [-0.2, -0.15) is 13.2 Å². The number of alkyl halides is 3. The molecule has 0 aliphatic carbocycles. The number of nitrogens with one attached hydrogen (secondary N) is 3. The van der Waals surface area contributed by atoms with E-state index in [0.717, 1.165) is 18.2 Å². The lowest BCUT2D eigenvalue weighted by Gasteiger charge is -2.12. The topological polar surface area (TPSA) is 113 Å². The molecule has 0 aliphatic rings. The highest BCUT2D eigenvalue weighted by atomic mass is 19.4. The largest absolute Gasteiger partial charge is 0.416 e. The Balaban J connectivity index is 1.98. The molecule has 0 aliphatic heterocycles. The van der Waals surface area contributed by atoms with Crippen LogP contribution in [0.4, 0.5) is 33.3 Å². The molecule has 13 heteroatoms. The maximum absolute atomic E-state index is 13.5. The van der Waals surface area contributed by atoms with Crippen LogP contribution in [0.2, 0.25) is 0 Å². The molecule has 2 aromatic rings. The molecule has 154 valence electrons. The molecule has 0 atom stereocenters. The number of carbonyl (C=O) groups excluding carboxylic acids is 2. The van der Waals surface area contributed by atoms with Gasteiger partial charge in [0.25, 0.3) is 17.5 Å². The van der Waals surface area contributed by atoms with E-state index in [9.17, 15) is 41.7 Å². The zero-order valence-corrected chi connectivity index (χ0v) is 14.1. The van der Waals surface area contributed by atoms with Crippen LogP contribution in [0.1, 0.15) is 15.9 Å². The van der Waals surface area contributed by atoms with Gasteiger partial charge in [0.05, 0.1) is 22.6 Å². The van der Waals surface area contributed by atoms with Gasteiger partial charge in [0.1, 0.15) is 17.3 Å². The first kappa shape index (κ1) is 21.5. The second-order valence-corrected chi connectivity index (χ2v) is 5.47. The summed E-state index contributed by atoms with van der Waals surface area (Å²) < 4.78 is 64.2. The Morgan fingerprint density at radius 1 is 1.07 bits per heavy atom. The molecule has 29 heavy (non-hydrogen) atoms. The standard InChI is InChI=1S/C16H11F5N4O4/c17-9-2-3-10(11(18)6-9)15(27)22-7-14(26)24-23-12-4-1-8(16(19,20)21)5-13(12)25(28)29/h1-6,23H,7H2,(H,22,27)(H,24,26). The van der Waals surface area contributed by atoms with Gasteiger partial charge in [-0.05, 0) is 24.3 Å². The molecule has 2 rings (SSSR count). The number of halogens is 5. The highest BCUT2D eigenvalue weighted by Gasteiger charge is 2.33. The SMILES string of the molecule is O=C(CNC(=O)c1ccc(F)cc1F)NNc1ccc(C(F)(F)F)cc1[N+](=O)[O-]. The Bertz CT molecular complexity index is 965.